The van der Waals surface area contributed by atoms with Crippen molar-refractivity contribution in [2.75, 3.05) is 47.7 Å². The number of hydrogen-bond donors (Lipinski definition) is 4. The van der Waals surface area contributed by atoms with E-state index in [1.165, 1.54) is 70.8 Å². The van der Waals surface area contributed by atoms with Crippen LogP contribution in [0.15, 0.2) is 24.3 Å². The van der Waals surface area contributed by atoms with Crippen LogP contribution >= 0.6 is 0 Å². The summed E-state index contributed by atoms with van der Waals surface area (Å²) in [5.74, 6) is -5.48. The van der Waals surface area contributed by atoms with E-state index in [4.69, 9.17) is 37.9 Å². The minimum Gasteiger partial charge on any atom is -0.459 e. The number of likely N-dealkylation sites (N-methyl/N-ethyl adjacent to an activating group) is 2. The number of sulfonamides is 1. The Morgan fingerprint density at radius 2 is 1.49 bits per heavy atom. The van der Waals surface area contributed by atoms with E-state index >= 15 is 0 Å². The van der Waals surface area contributed by atoms with Crippen molar-refractivity contribution >= 4 is 27.5 Å². The Morgan fingerprint density at radius 3 is 2.03 bits per heavy atom. The number of rotatable bonds is 17. The smallest absolute Gasteiger partial charge is 0.311 e. The molecule has 1 aromatic carbocycles. The van der Waals surface area contributed by atoms with Crippen LogP contribution in [0.2, 0.25) is 0 Å². The Morgan fingerprint density at radius 1 is 0.889 bits per heavy atom. The Hall–Kier alpha value is -2.81. The maximum Gasteiger partial charge on any atom is 0.311 e. The molecule has 0 aliphatic carbocycles. The third-order valence-corrected chi connectivity index (χ3v) is 17.9. The fourth-order valence-corrected chi connectivity index (χ4v) is 12.3. The zero-order valence-electron chi connectivity index (χ0n) is 45.1. The number of hydrogen-bond acceptors (Lipinski definition) is 19. The normalized spacial score (nSPS) is 39.8. The summed E-state index contributed by atoms with van der Waals surface area (Å²) in [7, 11) is 3.50. The first kappa shape index (κ1) is 61.7. The van der Waals surface area contributed by atoms with Gasteiger partial charge in [0, 0.05) is 77.3 Å². The number of Topliss-reactive ketones (excluding diaryl/α,β-unsaturated/α-hetero) is 1. The average molecular weight is 1050 g/mol. The van der Waals surface area contributed by atoms with Crippen LogP contribution in [0.5, 0.6) is 0 Å². The molecule has 3 aliphatic rings. The molecular weight excluding hydrogens is 963 g/mol. The zero-order valence-corrected chi connectivity index (χ0v) is 45.9. The molecule has 414 valence electrons. The summed E-state index contributed by atoms with van der Waals surface area (Å²) in [6.07, 6.45) is -11.7. The quantitative estimate of drug-likeness (QED) is 0.0982. The molecule has 20 atom stereocenters. The fraction of sp³-hybridized carbons (Fsp3) is 0.840. The molecular formula is C50H85N3O18S. The molecule has 22 heteroatoms. The molecule has 21 nitrogen and oxygen atoms in total. The number of benzene rings is 1. The minimum atomic E-state index is -3.97. The lowest BCUT2D eigenvalue weighted by atomic mass is 9.74. The van der Waals surface area contributed by atoms with E-state index in [2.05, 4.69) is 0 Å². The van der Waals surface area contributed by atoms with Gasteiger partial charge in [-0.25, -0.2) is 8.42 Å². The number of nitro benzene ring substituents is 1. The number of ether oxygens (including phenoxy) is 8. The van der Waals surface area contributed by atoms with Crippen molar-refractivity contribution in [2.45, 2.75) is 198 Å². The second kappa shape index (κ2) is 24.9. The van der Waals surface area contributed by atoms with Crippen molar-refractivity contribution in [3.63, 3.8) is 0 Å². The number of non-ortho nitro benzene ring substituents is 1. The molecule has 4 rings (SSSR count). The van der Waals surface area contributed by atoms with Gasteiger partial charge in [0.25, 0.3) is 5.69 Å². The van der Waals surface area contributed by atoms with Crippen molar-refractivity contribution in [3.8, 4) is 0 Å². The summed E-state index contributed by atoms with van der Waals surface area (Å²) >= 11 is 0. The number of esters is 1. The largest absolute Gasteiger partial charge is 0.459 e. The van der Waals surface area contributed by atoms with Gasteiger partial charge >= 0.3 is 5.97 Å². The van der Waals surface area contributed by atoms with Crippen molar-refractivity contribution < 1.29 is 81.3 Å². The van der Waals surface area contributed by atoms with E-state index in [-0.39, 0.29) is 43.7 Å². The number of aliphatic hydroxyl groups excluding tert-OH is 3. The number of nitro groups is 1. The van der Waals surface area contributed by atoms with Gasteiger partial charge in [0.15, 0.2) is 12.6 Å². The monoisotopic (exact) mass is 1050 g/mol. The second-order valence-electron chi connectivity index (χ2n) is 21.2. The maximum absolute atomic E-state index is 14.5. The molecule has 3 aliphatic heterocycles. The summed E-state index contributed by atoms with van der Waals surface area (Å²) in [6, 6.07) is 4.30. The molecule has 4 N–H and O–H groups in total. The van der Waals surface area contributed by atoms with Gasteiger partial charge in [0.2, 0.25) is 10.0 Å². The van der Waals surface area contributed by atoms with Gasteiger partial charge in [0.1, 0.15) is 29.7 Å². The lowest BCUT2D eigenvalue weighted by Gasteiger charge is -2.50. The molecule has 3 heterocycles. The van der Waals surface area contributed by atoms with E-state index in [1.807, 2.05) is 0 Å². The Labute approximate surface area is 426 Å². The van der Waals surface area contributed by atoms with E-state index in [0.717, 1.165) is 0 Å². The number of aliphatic hydroxyl groups is 4. The van der Waals surface area contributed by atoms with Crippen LogP contribution < -0.4 is 0 Å². The van der Waals surface area contributed by atoms with Crippen molar-refractivity contribution in [3.05, 3.63) is 39.9 Å². The molecule has 0 saturated carbocycles. The van der Waals surface area contributed by atoms with Crippen molar-refractivity contribution in [2.24, 2.45) is 23.7 Å². The highest BCUT2D eigenvalue weighted by Crippen LogP contribution is 2.42. The van der Waals surface area contributed by atoms with Gasteiger partial charge in [-0.05, 0) is 92.5 Å². The average Bonchev–Trinajstić information content (AvgIpc) is 3.34. The molecule has 0 radical (unpaired) electrons. The number of carbonyl (C=O) groups is 2. The van der Waals surface area contributed by atoms with Crippen LogP contribution in [0, 0.1) is 33.8 Å². The van der Waals surface area contributed by atoms with Crippen molar-refractivity contribution in [1.82, 2.24) is 9.21 Å². The maximum atomic E-state index is 14.5. The standard InChI is InChI=1S/C50H85N3O18S/c1-17-37-50(11,59)43(56)29(4)39(54)27(2)25-49(10,66-16)45(30(5)41(31(6)46(58)69-37)70-38-26-48(9,65-15)44(57)33(8)68-38)71-47-40(55)36(24-28(3)67-47)51(12)22-23-72(62,63)52(13)32(7)42(64-14)34-18-20-35(21-19-34)53(60)61/h18-21,27-33,36-38,40-45,47,55-57,59H,17,22-26H2,1-16H3/t27-,28-,29+,30+,31-,32-,33+,36+,37-,38+,40-,41+,42+,43-,44+,45-,47-,48-,49-,50-/m1/s1. The van der Waals surface area contributed by atoms with Gasteiger partial charge in [-0.1, -0.05) is 27.7 Å². The molecule has 3 saturated heterocycles. The van der Waals surface area contributed by atoms with Crippen LogP contribution in [0.25, 0.3) is 0 Å². The molecule has 1 aromatic rings. The lowest BCUT2D eigenvalue weighted by Crippen LogP contribution is -2.62. The number of cyclic esters (lactones) is 1. The molecule has 72 heavy (non-hydrogen) atoms. The lowest BCUT2D eigenvalue weighted by molar-refractivity contribution is -0.384. The highest BCUT2D eigenvalue weighted by atomic mass is 32.2. The van der Waals surface area contributed by atoms with Gasteiger partial charge in [-0.2, -0.15) is 4.31 Å². The summed E-state index contributed by atoms with van der Waals surface area (Å²) in [4.78, 5) is 41.2. The third kappa shape index (κ3) is 13.6. The molecule has 0 unspecified atom stereocenters. The van der Waals surface area contributed by atoms with E-state index in [1.54, 1.807) is 74.3 Å². The van der Waals surface area contributed by atoms with E-state index in [9.17, 15) is 48.5 Å². The first-order valence-electron chi connectivity index (χ1n) is 25.0. The van der Waals surface area contributed by atoms with Crippen LogP contribution in [-0.2, 0) is 57.5 Å². The topological polar surface area (TPSA) is 273 Å². The molecule has 0 aromatic heterocycles. The first-order chi connectivity index (χ1) is 33.4. The Kier molecular flexibility index (Phi) is 21.3. The molecule has 0 bridgehead atoms. The minimum absolute atomic E-state index is 0.0101. The number of ketones is 1. The molecule has 3 fully saturated rings. The van der Waals surface area contributed by atoms with E-state index < -0.39 is 147 Å². The number of nitrogens with zero attached hydrogens (tertiary/aromatic N) is 3. The summed E-state index contributed by atoms with van der Waals surface area (Å²) in [5.41, 5.74) is -4.14. The SMILES string of the molecule is CC[C@H]1OC(=O)[C@H](C)[C@@H](O[C@H]2C[C@@](C)(OC)[C@@H](O)[C@H](C)O2)[C@H](C)[C@@H](O[C@H]2O[C@H](C)C[C@H](N(C)CCS(=O)(=O)N(C)[C@H](C)[C@H](OC)c3ccc([N+](=O)[O-])cc3)[C@H]2O)[C@](C)(OC)C[C@@H](C)C(=O)[C@H](C)[C@@H](O)[C@]1(C)O. The summed E-state index contributed by atoms with van der Waals surface area (Å²) in [6.45, 7) is 18.1. The zero-order chi connectivity index (χ0) is 54.6. The second-order valence-corrected chi connectivity index (χ2v) is 23.4. The Balaban J connectivity index is 1.72. The summed E-state index contributed by atoms with van der Waals surface area (Å²) < 4.78 is 79.2. The van der Waals surface area contributed by atoms with Crippen LogP contribution in [-0.4, -0.2) is 193 Å². The first-order valence-corrected chi connectivity index (χ1v) is 26.6. The van der Waals surface area contributed by atoms with Crippen LogP contribution in [0.4, 0.5) is 5.69 Å². The molecule has 0 spiro atoms. The summed E-state index contributed by atoms with van der Waals surface area (Å²) in [5, 5.41) is 58.0. The van der Waals surface area contributed by atoms with Crippen molar-refractivity contribution in [1.29, 1.82) is 0 Å². The fourth-order valence-electron chi connectivity index (χ4n) is 10.9. The van der Waals surface area contributed by atoms with Crippen LogP contribution in [0.3, 0.4) is 0 Å². The van der Waals surface area contributed by atoms with Gasteiger partial charge in [-0.3, -0.25) is 24.6 Å². The van der Waals surface area contributed by atoms with Gasteiger partial charge in [-0.15, -0.1) is 0 Å². The number of methoxy groups -OCH3 is 3. The van der Waals surface area contributed by atoms with Crippen LogP contribution in [0.1, 0.15) is 114 Å². The van der Waals surface area contributed by atoms with E-state index in [0.29, 0.717) is 5.56 Å². The molecule has 0 amide bonds. The Bertz CT molecular complexity index is 2070. The third-order valence-electron chi connectivity index (χ3n) is 16.0. The number of carbonyl (C=O) groups excluding carboxylic acids is 2. The predicted octanol–water partition coefficient (Wildman–Crippen LogP) is 3.76. The van der Waals surface area contributed by atoms with Gasteiger partial charge < -0.3 is 58.3 Å². The predicted molar refractivity (Wildman–Crippen MR) is 264 cm³/mol. The highest BCUT2D eigenvalue weighted by molar-refractivity contribution is 7.89. The highest BCUT2D eigenvalue weighted by Gasteiger charge is 2.54. The van der Waals surface area contributed by atoms with Gasteiger partial charge in [0.05, 0.1) is 70.5 Å².